The van der Waals surface area contributed by atoms with Gasteiger partial charge in [0.05, 0.1) is 6.42 Å². The van der Waals surface area contributed by atoms with E-state index in [4.69, 9.17) is 10.2 Å². The van der Waals surface area contributed by atoms with Crippen LogP contribution >= 0.6 is 0 Å². The van der Waals surface area contributed by atoms with E-state index in [1.807, 2.05) is 5.32 Å². The molecule has 0 aliphatic carbocycles. The van der Waals surface area contributed by atoms with E-state index in [0.717, 1.165) is 0 Å². The summed E-state index contributed by atoms with van der Waals surface area (Å²) in [7, 11) is 0. The molecule has 1 amide bonds. The topological polar surface area (TPSA) is 130 Å². The summed E-state index contributed by atoms with van der Waals surface area (Å²) in [6.07, 6.45) is 0.417. The number of aliphatic carboxylic acids is 2. The molecule has 0 saturated carbocycles. The number of amides is 1. The number of carboxylic acids is 2. The molecule has 1 atom stereocenters. The molecule has 0 aromatic rings. The fraction of sp³-hybridized carbons (Fsp3) is 0.333. The van der Waals surface area contributed by atoms with Gasteiger partial charge in [-0.15, -0.1) is 0 Å². The Bertz CT molecular complexity index is 412. The third-order valence-electron chi connectivity index (χ3n) is 1.95. The number of hydrogen-bond acceptors (Lipinski definition) is 5. The van der Waals surface area contributed by atoms with Crippen LogP contribution in [0.25, 0.3) is 0 Å². The van der Waals surface area contributed by atoms with Crippen molar-refractivity contribution >= 4 is 23.8 Å². The molecule has 3 N–H and O–H groups in total. The van der Waals surface area contributed by atoms with Gasteiger partial charge in [-0.05, 0) is 6.08 Å². The summed E-state index contributed by atoms with van der Waals surface area (Å²) in [5.74, 6) is -4.68. The third kappa shape index (κ3) is 3.30. The summed E-state index contributed by atoms with van der Waals surface area (Å²) < 4.78 is 4.45. The Morgan fingerprint density at radius 1 is 1.41 bits per heavy atom. The second kappa shape index (κ2) is 5.10. The molecule has 8 heteroatoms. The number of nitrogens with one attached hydrogen (secondary N) is 1. The number of ether oxygens (including phenoxy) is 1. The lowest BCUT2D eigenvalue weighted by Crippen LogP contribution is -2.43. The Kier molecular flexibility index (Phi) is 3.81. The van der Waals surface area contributed by atoms with Gasteiger partial charge in [0.25, 0.3) is 5.91 Å². The van der Waals surface area contributed by atoms with Gasteiger partial charge in [-0.2, -0.15) is 0 Å². The first-order valence-corrected chi connectivity index (χ1v) is 4.54. The highest BCUT2D eigenvalue weighted by molar-refractivity contribution is 6.18. The predicted octanol–water partition coefficient (Wildman–Crippen LogP) is -1.49. The van der Waals surface area contributed by atoms with Crippen LogP contribution in [0.3, 0.4) is 0 Å². The highest BCUT2D eigenvalue weighted by Gasteiger charge is 2.29. The molecule has 0 fully saturated rings. The first kappa shape index (κ1) is 12.7. The summed E-state index contributed by atoms with van der Waals surface area (Å²) in [6, 6.07) is -1.59. The van der Waals surface area contributed by atoms with Crippen molar-refractivity contribution in [3.63, 3.8) is 0 Å². The zero-order chi connectivity index (χ0) is 13.0. The number of carbonyl (C=O) groups is 4. The largest absolute Gasteiger partial charge is 0.481 e. The summed E-state index contributed by atoms with van der Waals surface area (Å²) in [5, 5.41) is 19.0. The Labute approximate surface area is 94.9 Å². The van der Waals surface area contributed by atoms with Crippen molar-refractivity contribution in [3.8, 4) is 0 Å². The Balaban J connectivity index is 2.67. The van der Waals surface area contributed by atoms with Gasteiger partial charge in [-0.3, -0.25) is 9.59 Å². The monoisotopic (exact) mass is 243 g/mol. The minimum absolute atomic E-state index is 0.0573. The quantitative estimate of drug-likeness (QED) is 0.396. The van der Waals surface area contributed by atoms with Crippen molar-refractivity contribution in [3.05, 3.63) is 11.6 Å². The van der Waals surface area contributed by atoms with Crippen molar-refractivity contribution in [2.45, 2.75) is 12.5 Å². The normalized spacial score (nSPS) is 15.8. The molecule has 8 nitrogen and oxygen atoms in total. The number of rotatable bonds is 5. The van der Waals surface area contributed by atoms with Crippen LogP contribution in [0.1, 0.15) is 6.42 Å². The Morgan fingerprint density at radius 3 is 2.47 bits per heavy atom. The summed E-state index contributed by atoms with van der Waals surface area (Å²) in [6.45, 7) is -0.0573. The van der Waals surface area contributed by atoms with Crippen LogP contribution in [0, 0.1) is 0 Å². The smallest absolute Gasteiger partial charge is 0.343 e. The highest BCUT2D eigenvalue weighted by Crippen LogP contribution is 2.07. The molecule has 1 aliphatic heterocycles. The summed E-state index contributed by atoms with van der Waals surface area (Å²) >= 11 is 0. The second-order valence-electron chi connectivity index (χ2n) is 3.18. The van der Waals surface area contributed by atoms with Gasteiger partial charge < -0.3 is 20.3 Å². The summed E-state index contributed by atoms with van der Waals surface area (Å²) in [5.41, 5.74) is -0.318. The van der Waals surface area contributed by atoms with E-state index >= 15 is 0 Å². The van der Waals surface area contributed by atoms with Gasteiger partial charge in [0.2, 0.25) is 0 Å². The lowest BCUT2D eigenvalue weighted by molar-refractivity contribution is -0.147. The average Bonchev–Trinajstić information content (AvgIpc) is 2.62. The number of hydrogen-bond donors (Lipinski definition) is 3. The number of carboxylic acid groups (broad SMARTS) is 2. The number of carbonyl (C=O) groups excluding carboxylic acids is 2. The van der Waals surface area contributed by atoms with E-state index in [-0.39, 0.29) is 12.2 Å². The van der Waals surface area contributed by atoms with Crippen molar-refractivity contribution < 1.29 is 34.1 Å². The molecule has 0 saturated heterocycles. The van der Waals surface area contributed by atoms with E-state index in [1.54, 1.807) is 0 Å². The first-order chi connectivity index (χ1) is 7.91. The molecule has 0 radical (unpaired) electrons. The molecule has 0 aromatic heterocycles. The van der Waals surface area contributed by atoms with E-state index in [0.29, 0.717) is 0 Å². The molecule has 0 spiro atoms. The molecular weight excluding hydrogens is 234 g/mol. The SMILES string of the molecule is O=C(O)C[C@H](NC(=O)C1=CCOC1=O)C(=O)O. The van der Waals surface area contributed by atoms with Gasteiger partial charge in [-0.1, -0.05) is 0 Å². The number of esters is 1. The molecular formula is C9H9NO7. The van der Waals surface area contributed by atoms with Crippen LogP contribution in [0.2, 0.25) is 0 Å². The minimum atomic E-state index is -1.59. The second-order valence-corrected chi connectivity index (χ2v) is 3.18. The highest BCUT2D eigenvalue weighted by atomic mass is 16.5. The molecule has 92 valence electrons. The van der Waals surface area contributed by atoms with Gasteiger partial charge >= 0.3 is 17.9 Å². The first-order valence-electron chi connectivity index (χ1n) is 4.54. The van der Waals surface area contributed by atoms with Gasteiger partial charge in [0.15, 0.2) is 0 Å². The summed E-state index contributed by atoms with van der Waals surface area (Å²) in [4.78, 5) is 43.4. The molecule has 1 aliphatic rings. The van der Waals surface area contributed by atoms with E-state index in [9.17, 15) is 19.2 Å². The van der Waals surface area contributed by atoms with Crippen molar-refractivity contribution in [2.75, 3.05) is 6.61 Å². The zero-order valence-electron chi connectivity index (χ0n) is 8.50. The van der Waals surface area contributed by atoms with Crippen molar-refractivity contribution in [2.24, 2.45) is 0 Å². The Hall–Kier alpha value is -2.38. The molecule has 1 heterocycles. The van der Waals surface area contributed by atoms with E-state index in [1.165, 1.54) is 6.08 Å². The molecule has 17 heavy (non-hydrogen) atoms. The van der Waals surface area contributed by atoms with Crippen LogP contribution in [0.5, 0.6) is 0 Å². The lowest BCUT2D eigenvalue weighted by atomic mass is 10.2. The fourth-order valence-corrected chi connectivity index (χ4v) is 1.16. The van der Waals surface area contributed by atoms with Crippen LogP contribution in [0.15, 0.2) is 11.6 Å². The van der Waals surface area contributed by atoms with Gasteiger partial charge in [0, 0.05) is 0 Å². The third-order valence-corrected chi connectivity index (χ3v) is 1.95. The zero-order valence-corrected chi connectivity index (χ0v) is 8.50. The Morgan fingerprint density at radius 2 is 2.06 bits per heavy atom. The molecule has 0 unspecified atom stereocenters. The maximum absolute atomic E-state index is 11.4. The van der Waals surface area contributed by atoms with Crippen LogP contribution in [0.4, 0.5) is 0 Å². The fourth-order valence-electron chi connectivity index (χ4n) is 1.16. The minimum Gasteiger partial charge on any atom is -0.481 e. The standard InChI is InChI=1S/C9H9NO7/c11-6(12)3-5(8(14)15)10-7(13)4-1-2-17-9(4)16/h1,5H,2-3H2,(H,10,13)(H,11,12)(H,14,15)/t5-/m0/s1. The lowest BCUT2D eigenvalue weighted by Gasteiger charge is -2.11. The number of cyclic esters (lactones) is 1. The van der Waals surface area contributed by atoms with Crippen molar-refractivity contribution in [1.82, 2.24) is 5.32 Å². The molecule has 1 rings (SSSR count). The van der Waals surface area contributed by atoms with Gasteiger partial charge in [-0.25, -0.2) is 9.59 Å². The predicted molar refractivity (Wildman–Crippen MR) is 50.9 cm³/mol. The molecule has 0 bridgehead atoms. The maximum Gasteiger partial charge on any atom is 0.343 e. The van der Waals surface area contributed by atoms with Crippen molar-refractivity contribution in [1.29, 1.82) is 0 Å². The van der Waals surface area contributed by atoms with Crippen LogP contribution in [-0.2, 0) is 23.9 Å². The average molecular weight is 243 g/mol. The van der Waals surface area contributed by atoms with Crippen LogP contribution in [-0.4, -0.2) is 46.7 Å². The van der Waals surface area contributed by atoms with E-state index < -0.39 is 36.3 Å². The molecule has 0 aromatic carbocycles. The van der Waals surface area contributed by atoms with Crippen LogP contribution < -0.4 is 5.32 Å². The van der Waals surface area contributed by atoms with E-state index in [2.05, 4.69) is 4.74 Å². The van der Waals surface area contributed by atoms with Gasteiger partial charge in [0.1, 0.15) is 18.2 Å². The maximum atomic E-state index is 11.4.